The molecule has 0 amide bonds. The van der Waals surface area contributed by atoms with Crippen LogP contribution in [0.25, 0.3) is 0 Å². The molecule has 0 unspecified atom stereocenters. The van der Waals surface area contributed by atoms with Gasteiger partial charge < -0.3 is 10.5 Å². The van der Waals surface area contributed by atoms with Gasteiger partial charge in [0.25, 0.3) is 6.43 Å². The maximum Gasteiger partial charge on any atom is 0.310 e. The van der Waals surface area contributed by atoms with Gasteiger partial charge in [-0.1, -0.05) is 0 Å². The second-order valence-corrected chi connectivity index (χ2v) is 4.21. The van der Waals surface area contributed by atoms with E-state index in [1.54, 1.807) is 6.92 Å². The fourth-order valence-electron chi connectivity index (χ4n) is 1.48. The van der Waals surface area contributed by atoms with Crippen LogP contribution in [0.3, 0.4) is 0 Å². The van der Waals surface area contributed by atoms with Crippen molar-refractivity contribution in [2.75, 3.05) is 6.61 Å². The summed E-state index contributed by atoms with van der Waals surface area (Å²) < 4.78 is 30.6. The van der Waals surface area contributed by atoms with E-state index in [4.69, 9.17) is 10.5 Å². The molecular formula is C11H13BrF2N2O2. The lowest BCUT2D eigenvalue weighted by Crippen LogP contribution is -2.12. The van der Waals surface area contributed by atoms with E-state index in [2.05, 4.69) is 20.9 Å². The van der Waals surface area contributed by atoms with Gasteiger partial charge in [0.15, 0.2) is 0 Å². The molecule has 0 saturated heterocycles. The van der Waals surface area contributed by atoms with Crippen LogP contribution < -0.4 is 5.73 Å². The SMILES string of the molecule is CCOC(=O)Cc1cc(CN)nc(Br)c1C(F)F. The minimum atomic E-state index is -2.72. The Kier molecular flexibility index (Phi) is 5.61. The van der Waals surface area contributed by atoms with Crippen molar-refractivity contribution in [2.24, 2.45) is 5.73 Å². The third-order valence-electron chi connectivity index (χ3n) is 2.22. The van der Waals surface area contributed by atoms with E-state index in [1.807, 2.05) is 0 Å². The Morgan fingerprint density at radius 1 is 1.61 bits per heavy atom. The zero-order valence-electron chi connectivity index (χ0n) is 9.75. The average Bonchev–Trinajstić information content (AvgIpc) is 2.27. The molecule has 2 N–H and O–H groups in total. The van der Waals surface area contributed by atoms with Gasteiger partial charge in [0.2, 0.25) is 0 Å². The first-order valence-electron chi connectivity index (χ1n) is 5.31. The number of hydrogen-bond acceptors (Lipinski definition) is 4. The first-order chi connectivity index (χ1) is 8.49. The number of rotatable bonds is 5. The van der Waals surface area contributed by atoms with Crippen LogP contribution in [-0.2, 0) is 22.5 Å². The Bertz CT molecular complexity index is 441. The van der Waals surface area contributed by atoms with E-state index in [0.29, 0.717) is 5.69 Å². The van der Waals surface area contributed by atoms with Crippen molar-refractivity contribution in [3.63, 3.8) is 0 Å². The lowest BCUT2D eigenvalue weighted by molar-refractivity contribution is -0.142. The summed E-state index contributed by atoms with van der Waals surface area (Å²) in [6.07, 6.45) is -2.94. The topological polar surface area (TPSA) is 65.2 Å². The maximum absolute atomic E-state index is 12.9. The highest BCUT2D eigenvalue weighted by Gasteiger charge is 2.21. The van der Waals surface area contributed by atoms with Gasteiger partial charge in [-0.2, -0.15) is 0 Å². The van der Waals surface area contributed by atoms with Crippen LogP contribution in [0.5, 0.6) is 0 Å². The quantitative estimate of drug-likeness (QED) is 0.667. The Hall–Kier alpha value is -1.08. The molecule has 0 aliphatic rings. The molecule has 0 fully saturated rings. The minimum absolute atomic E-state index is 0.0137. The monoisotopic (exact) mass is 322 g/mol. The van der Waals surface area contributed by atoms with Crippen molar-refractivity contribution in [3.05, 3.63) is 27.5 Å². The molecule has 1 heterocycles. The second-order valence-electron chi connectivity index (χ2n) is 3.46. The van der Waals surface area contributed by atoms with Gasteiger partial charge >= 0.3 is 5.97 Å². The van der Waals surface area contributed by atoms with E-state index in [-0.39, 0.29) is 35.3 Å². The summed E-state index contributed by atoms with van der Waals surface area (Å²) in [5, 5.41) is 0. The largest absolute Gasteiger partial charge is 0.466 e. The molecule has 1 rings (SSSR count). The highest BCUT2D eigenvalue weighted by atomic mass is 79.9. The van der Waals surface area contributed by atoms with Crippen LogP contribution in [-0.4, -0.2) is 17.6 Å². The van der Waals surface area contributed by atoms with Crippen molar-refractivity contribution in [2.45, 2.75) is 26.3 Å². The molecule has 0 saturated carbocycles. The number of aromatic nitrogens is 1. The first kappa shape index (κ1) is 15.0. The molecule has 0 spiro atoms. The number of esters is 1. The van der Waals surface area contributed by atoms with E-state index in [1.165, 1.54) is 6.07 Å². The Morgan fingerprint density at radius 3 is 2.78 bits per heavy atom. The highest BCUT2D eigenvalue weighted by molar-refractivity contribution is 9.10. The molecule has 0 bridgehead atoms. The normalized spacial score (nSPS) is 10.8. The van der Waals surface area contributed by atoms with E-state index >= 15 is 0 Å². The predicted molar refractivity (Wildman–Crippen MR) is 65.1 cm³/mol. The number of carbonyl (C=O) groups excluding carboxylic acids is 1. The maximum atomic E-state index is 12.9. The third-order valence-corrected chi connectivity index (χ3v) is 2.82. The summed E-state index contributed by atoms with van der Waals surface area (Å²) >= 11 is 2.97. The van der Waals surface area contributed by atoms with Crippen LogP contribution in [0, 0.1) is 0 Å². The van der Waals surface area contributed by atoms with Crippen LogP contribution in [0.15, 0.2) is 10.7 Å². The average molecular weight is 323 g/mol. The van der Waals surface area contributed by atoms with Gasteiger partial charge in [-0.3, -0.25) is 4.79 Å². The van der Waals surface area contributed by atoms with Crippen molar-refractivity contribution >= 4 is 21.9 Å². The zero-order chi connectivity index (χ0) is 13.7. The minimum Gasteiger partial charge on any atom is -0.466 e. The van der Waals surface area contributed by atoms with E-state index in [9.17, 15) is 13.6 Å². The Balaban J connectivity index is 3.13. The van der Waals surface area contributed by atoms with Crippen molar-refractivity contribution in [1.29, 1.82) is 0 Å². The summed E-state index contributed by atoms with van der Waals surface area (Å²) in [5.74, 6) is -0.555. The summed E-state index contributed by atoms with van der Waals surface area (Å²) in [5.41, 5.74) is 5.75. The molecule has 18 heavy (non-hydrogen) atoms. The molecule has 0 atom stereocenters. The van der Waals surface area contributed by atoms with Crippen molar-refractivity contribution in [1.82, 2.24) is 4.98 Å². The number of ether oxygens (including phenoxy) is 1. The fraction of sp³-hybridized carbons (Fsp3) is 0.455. The Morgan fingerprint density at radius 2 is 2.28 bits per heavy atom. The van der Waals surface area contributed by atoms with Crippen LogP contribution >= 0.6 is 15.9 Å². The molecule has 4 nitrogen and oxygen atoms in total. The highest BCUT2D eigenvalue weighted by Crippen LogP contribution is 2.30. The van der Waals surface area contributed by atoms with Gasteiger partial charge in [0.1, 0.15) is 4.60 Å². The summed E-state index contributed by atoms with van der Waals surface area (Å²) in [6.45, 7) is 1.97. The van der Waals surface area contributed by atoms with Crippen LogP contribution in [0.2, 0.25) is 0 Å². The number of nitrogens with zero attached hydrogens (tertiary/aromatic N) is 1. The lowest BCUT2D eigenvalue weighted by Gasteiger charge is -2.12. The summed E-state index contributed by atoms with van der Waals surface area (Å²) in [7, 11) is 0. The second kappa shape index (κ2) is 6.75. The lowest BCUT2D eigenvalue weighted by atomic mass is 10.1. The molecule has 0 radical (unpaired) electrons. The van der Waals surface area contributed by atoms with Gasteiger partial charge in [0.05, 0.1) is 24.3 Å². The number of halogens is 3. The van der Waals surface area contributed by atoms with Gasteiger partial charge in [-0.25, -0.2) is 13.8 Å². The van der Waals surface area contributed by atoms with Crippen LogP contribution in [0.1, 0.15) is 30.2 Å². The molecule has 0 aliphatic carbocycles. The zero-order valence-corrected chi connectivity index (χ0v) is 11.3. The molecule has 0 aromatic carbocycles. The molecule has 0 aliphatic heterocycles. The van der Waals surface area contributed by atoms with E-state index < -0.39 is 12.4 Å². The van der Waals surface area contributed by atoms with E-state index in [0.717, 1.165) is 0 Å². The van der Waals surface area contributed by atoms with Gasteiger partial charge in [-0.05, 0) is 34.5 Å². The molecule has 100 valence electrons. The first-order valence-corrected chi connectivity index (χ1v) is 6.10. The number of hydrogen-bond donors (Lipinski definition) is 1. The number of alkyl halides is 2. The molecular weight excluding hydrogens is 310 g/mol. The number of pyridine rings is 1. The summed E-state index contributed by atoms with van der Waals surface area (Å²) in [4.78, 5) is 15.3. The number of carbonyl (C=O) groups is 1. The fourth-order valence-corrected chi connectivity index (χ4v) is 2.13. The molecule has 1 aromatic heterocycles. The third kappa shape index (κ3) is 3.71. The van der Waals surface area contributed by atoms with Gasteiger partial charge in [0, 0.05) is 6.54 Å². The van der Waals surface area contributed by atoms with Crippen molar-refractivity contribution < 1.29 is 18.3 Å². The standard InChI is InChI=1S/C11H13BrF2N2O2/c1-2-18-8(17)4-6-3-7(5-15)16-10(12)9(6)11(13)14/h3,11H,2,4-5,15H2,1H3. The van der Waals surface area contributed by atoms with Crippen molar-refractivity contribution in [3.8, 4) is 0 Å². The molecule has 7 heteroatoms. The predicted octanol–water partition coefficient (Wildman–Crippen LogP) is 2.35. The smallest absolute Gasteiger partial charge is 0.310 e. The molecule has 1 aromatic rings. The van der Waals surface area contributed by atoms with Gasteiger partial charge in [-0.15, -0.1) is 0 Å². The number of nitrogens with two attached hydrogens (primary N) is 1. The van der Waals surface area contributed by atoms with Crippen LogP contribution in [0.4, 0.5) is 8.78 Å². The Labute approximate surface area is 112 Å². The summed E-state index contributed by atoms with van der Waals surface area (Å²) in [6, 6.07) is 1.41.